The van der Waals surface area contributed by atoms with Crippen LogP contribution in [0, 0.1) is 0 Å². The Hall–Kier alpha value is -5.80. The number of methoxy groups -OCH3 is 1. The maximum absolute atomic E-state index is 5.43. The third-order valence-electron chi connectivity index (χ3n) is 7.90. The van der Waals surface area contributed by atoms with Crippen molar-refractivity contribution in [3.05, 3.63) is 193 Å². The number of anilines is 3. The second-order valence-electron chi connectivity index (χ2n) is 11.1. The van der Waals surface area contributed by atoms with Crippen molar-refractivity contribution in [1.29, 1.82) is 0 Å². The average molecular weight is 615 g/mol. The zero-order valence-electron chi connectivity index (χ0n) is 27.6. The van der Waals surface area contributed by atoms with E-state index in [-0.39, 0.29) is 0 Å². The van der Waals surface area contributed by atoms with Gasteiger partial charge in [0, 0.05) is 36.0 Å². The zero-order chi connectivity index (χ0) is 32.8. The highest BCUT2D eigenvalue weighted by molar-refractivity contribution is 5.75. The molecule has 3 heteroatoms. The maximum atomic E-state index is 5.43. The molecule has 5 rings (SSSR count). The molecule has 0 aliphatic rings. The number of ether oxygens (including phenoxy) is 1. The van der Waals surface area contributed by atoms with Gasteiger partial charge in [0.1, 0.15) is 5.76 Å². The molecular formula is C44H42N2O. The van der Waals surface area contributed by atoms with E-state index in [2.05, 4.69) is 162 Å². The van der Waals surface area contributed by atoms with Crippen LogP contribution in [0.3, 0.4) is 0 Å². The van der Waals surface area contributed by atoms with Gasteiger partial charge in [-0.05, 0) is 96.3 Å². The summed E-state index contributed by atoms with van der Waals surface area (Å²) in [4.78, 5) is 4.38. The predicted octanol–water partition coefficient (Wildman–Crippen LogP) is 11.8. The lowest BCUT2D eigenvalue weighted by molar-refractivity contribution is 0.307. The highest BCUT2D eigenvalue weighted by Gasteiger charge is 2.12. The quantitative estimate of drug-likeness (QED) is 0.103. The Bertz CT molecular complexity index is 1850. The molecule has 3 nitrogen and oxygen atoms in total. The molecule has 0 radical (unpaired) electrons. The lowest BCUT2D eigenvalue weighted by Crippen LogP contribution is -2.14. The molecule has 0 aromatic heterocycles. The summed E-state index contributed by atoms with van der Waals surface area (Å²) in [6, 6.07) is 47.1. The highest BCUT2D eigenvalue weighted by atomic mass is 16.5. The molecule has 0 unspecified atom stereocenters. The van der Waals surface area contributed by atoms with Gasteiger partial charge in [0.2, 0.25) is 0 Å². The molecule has 0 amide bonds. The van der Waals surface area contributed by atoms with E-state index < -0.39 is 0 Å². The minimum absolute atomic E-state index is 0.796. The second-order valence-corrected chi connectivity index (χ2v) is 11.1. The molecule has 0 fully saturated rings. The van der Waals surface area contributed by atoms with Gasteiger partial charge in [0.05, 0.1) is 7.11 Å². The summed E-state index contributed by atoms with van der Waals surface area (Å²) < 4.78 is 5.43. The minimum atomic E-state index is 0.796. The summed E-state index contributed by atoms with van der Waals surface area (Å²) in [6.07, 6.45) is 16.3. The van der Waals surface area contributed by atoms with E-state index in [0.717, 1.165) is 28.5 Å². The van der Waals surface area contributed by atoms with E-state index in [1.54, 1.807) is 7.11 Å². The number of rotatable bonds is 12. The Morgan fingerprint density at radius 1 is 0.574 bits per heavy atom. The first-order valence-electron chi connectivity index (χ1n) is 15.9. The number of nitrogens with zero attached hydrogens (tertiary/aromatic N) is 2. The van der Waals surface area contributed by atoms with Gasteiger partial charge >= 0.3 is 0 Å². The van der Waals surface area contributed by atoms with E-state index in [0.29, 0.717) is 0 Å². The molecule has 0 atom stereocenters. The monoisotopic (exact) mass is 614 g/mol. The summed E-state index contributed by atoms with van der Waals surface area (Å²) in [7, 11) is 3.72. The fourth-order valence-electron chi connectivity index (χ4n) is 5.27. The van der Waals surface area contributed by atoms with Crippen LogP contribution in [0.15, 0.2) is 188 Å². The first-order valence-corrected chi connectivity index (χ1v) is 15.9. The number of allylic oxidation sites excluding steroid dienone is 7. The van der Waals surface area contributed by atoms with Gasteiger partial charge in [0.15, 0.2) is 0 Å². The molecule has 0 N–H and O–H groups in total. The Kier molecular flexibility index (Phi) is 11.4. The fraction of sp³-hybridized carbons (Fsp3) is 0.0909. The van der Waals surface area contributed by atoms with E-state index in [9.17, 15) is 0 Å². The van der Waals surface area contributed by atoms with Gasteiger partial charge in [-0.25, -0.2) is 0 Å². The lowest BCUT2D eigenvalue weighted by Gasteiger charge is -2.26. The third kappa shape index (κ3) is 8.90. The molecule has 47 heavy (non-hydrogen) atoms. The Morgan fingerprint density at radius 3 is 1.57 bits per heavy atom. The summed E-state index contributed by atoms with van der Waals surface area (Å²) in [5, 5.41) is 0. The summed E-state index contributed by atoms with van der Waals surface area (Å²) in [5.74, 6) is 0.796. The van der Waals surface area contributed by atoms with Gasteiger partial charge in [-0.2, -0.15) is 0 Å². The van der Waals surface area contributed by atoms with Crippen molar-refractivity contribution < 1.29 is 4.74 Å². The number of hydrogen-bond donors (Lipinski definition) is 0. The van der Waals surface area contributed by atoms with E-state index in [4.69, 9.17) is 4.74 Å². The Balaban J connectivity index is 1.38. The largest absolute Gasteiger partial charge is 0.497 e. The van der Waals surface area contributed by atoms with Crippen molar-refractivity contribution >= 4 is 23.1 Å². The van der Waals surface area contributed by atoms with Crippen LogP contribution in [-0.2, 0) is 4.74 Å². The molecule has 0 aliphatic carbocycles. The lowest BCUT2D eigenvalue weighted by atomic mass is 10.0. The number of benzene rings is 5. The van der Waals surface area contributed by atoms with Crippen LogP contribution in [0.5, 0.6) is 0 Å². The molecule has 0 saturated carbocycles. The standard InChI is InChI=1S/C44H42N2O/c1-5-6-20-44(47-4)33-34-45(3)41-27-21-39(22-28-41)40-25-31-43(32-26-40)46(35(2)14-13-17-36-15-9-7-10-16-36)42-29-23-38(24-30-42)37-18-11-8-12-19-37/h5-34H,1-4H3/b6-5-,17-13-,34-33+,35-14+,44-20+. The molecule has 5 aromatic rings. The van der Waals surface area contributed by atoms with Crippen LogP contribution in [0.25, 0.3) is 28.3 Å². The minimum Gasteiger partial charge on any atom is -0.497 e. The molecule has 0 spiro atoms. The van der Waals surface area contributed by atoms with E-state index in [1.807, 2.05) is 50.5 Å². The SMILES string of the molecule is C\C=C/C=C(\C=C\N(C)c1ccc(-c2ccc(N(/C(C)=C/C=C\c3ccccc3)c3ccc(-c4ccccc4)cc3)cc2)cc1)OC. The molecule has 0 aliphatic heterocycles. The number of hydrogen-bond acceptors (Lipinski definition) is 3. The van der Waals surface area contributed by atoms with E-state index in [1.165, 1.54) is 27.8 Å². The Labute approximate surface area is 280 Å². The third-order valence-corrected chi connectivity index (χ3v) is 7.90. The average Bonchev–Trinajstić information content (AvgIpc) is 3.13. The van der Waals surface area contributed by atoms with Crippen molar-refractivity contribution in [1.82, 2.24) is 0 Å². The zero-order valence-corrected chi connectivity index (χ0v) is 27.6. The first-order chi connectivity index (χ1) is 23.1. The smallest absolute Gasteiger partial charge is 0.120 e. The highest BCUT2D eigenvalue weighted by Crippen LogP contribution is 2.34. The van der Waals surface area contributed by atoms with Crippen LogP contribution in [-0.4, -0.2) is 14.2 Å². The van der Waals surface area contributed by atoms with Crippen molar-refractivity contribution in [3.8, 4) is 22.3 Å². The van der Waals surface area contributed by atoms with Crippen LogP contribution in [0.2, 0.25) is 0 Å². The van der Waals surface area contributed by atoms with E-state index >= 15 is 0 Å². The normalized spacial score (nSPS) is 12.3. The summed E-state index contributed by atoms with van der Waals surface area (Å²) in [5.41, 5.74) is 10.3. The summed E-state index contributed by atoms with van der Waals surface area (Å²) >= 11 is 0. The van der Waals surface area contributed by atoms with Crippen molar-refractivity contribution in [2.45, 2.75) is 13.8 Å². The van der Waals surface area contributed by atoms with Crippen LogP contribution >= 0.6 is 0 Å². The first kappa shape index (κ1) is 32.6. The van der Waals surface area contributed by atoms with Crippen molar-refractivity contribution in [2.24, 2.45) is 0 Å². The Morgan fingerprint density at radius 2 is 1.06 bits per heavy atom. The van der Waals surface area contributed by atoms with Gasteiger partial charge in [-0.1, -0.05) is 121 Å². The van der Waals surface area contributed by atoms with Crippen molar-refractivity contribution in [2.75, 3.05) is 24.0 Å². The van der Waals surface area contributed by atoms with Crippen LogP contribution in [0.4, 0.5) is 17.1 Å². The predicted molar refractivity (Wildman–Crippen MR) is 203 cm³/mol. The van der Waals surface area contributed by atoms with Crippen molar-refractivity contribution in [3.63, 3.8) is 0 Å². The van der Waals surface area contributed by atoms with Gasteiger partial charge in [-0.15, -0.1) is 0 Å². The molecular weight excluding hydrogens is 572 g/mol. The van der Waals surface area contributed by atoms with Crippen LogP contribution in [0.1, 0.15) is 19.4 Å². The maximum Gasteiger partial charge on any atom is 0.120 e. The molecule has 0 heterocycles. The van der Waals surface area contributed by atoms with Gasteiger partial charge in [-0.3, -0.25) is 0 Å². The molecule has 0 bridgehead atoms. The molecule has 234 valence electrons. The summed E-state index contributed by atoms with van der Waals surface area (Å²) in [6.45, 7) is 4.14. The second kappa shape index (κ2) is 16.5. The van der Waals surface area contributed by atoms with Gasteiger partial charge in [0.25, 0.3) is 0 Å². The topological polar surface area (TPSA) is 15.7 Å². The van der Waals surface area contributed by atoms with Gasteiger partial charge < -0.3 is 14.5 Å². The molecule has 5 aromatic carbocycles. The fourth-order valence-corrected chi connectivity index (χ4v) is 5.27. The molecule has 0 saturated heterocycles. The van der Waals surface area contributed by atoms with Crippen LogP contribution < -0.4 is 9.80 Å².